The summed E-state index contributed by atoms with van der Waals surface area (Å²) in [4.78, 5) is 36.5. The highest BCUT2D eigenvalue weighted by atomic mass is 35.5. The van der Waals surface area contributed by atoms with E-state index in [1.165, 1.54) is 11.3 Å². The molecule has 1 aliphatic heterocycles. The topological polar surface area (TPSA) is 99.2 Å². The molecule has 184 valence electrons. The van der Waals surface area contributed by atoms with Crippen LogP contribution in [0.3, 0.4) is 0 Å². The summed E-state index contributed by atoms with van der Waals surface area (Å²) in [6.07, 6.45) is 4.93. The summed E-state index contributed by atoms with van der Waals surface area (Å²) in [5.41, 5.74) is 1.51. The number of halogens is 1. The van der Waals surface area contributed by atoms with Crippen molar-refractivity contribution in [1.29, 1.82) is 0 Å². The molecule has 0 radical (unpaired) electrons. The predicted molar refractivity (Wildman–Crippen MR) is 140 cm³/mol. The Morgan fingerprint density at radius 2 is 1.97 bits per heavy atom. The Morgan fingerprint density at radius 1 is 1.17 bits per heavy atom. The molecular weight excluding hydrogens is 484 g/mol. The van der Waals surface area contributed by atoms with Crippen molar-refractivity contribution in [1.82, 2.24) is 24.8 Å². The monoisotopic (exact) mass is 512 g/mol. The van der Waals surface area contributed by atoms with Gasteiger partial charge < -0.3 is 10.2 Å². The Bertz CT molecular complexity index is 1190. The van der Waals surface area contributed by atoms with Gasteiger partial charge in [0.25, 0.3) is 5.91 Å². The van der Waals surface area contributed by atoms with Crippen molar-refractivity contribution in [3.8, 4) is 0 Å². The van der Waals surface area contributed by atoms with E-state index in [4.69, 9.17) is 21.6 Å². The maximum Gasteiger partial charge on any atom is 0.267 e. The third-order valence-electron chi connectivity index (χ3n) is 6.19. The molecule has 0 atom stereocenters. The Balaban J connectivity index is 1.30. The van der Waals surface area contributed by atoms with E-state index in [0.29, 0.717) is 38.5 Å². The van der Waals surface area contributed by atoms with Crippen LogP contribution in [-0.4, -0.2) is 63.5 Å². The maximum atomic E-state index is 12.8. The SMILES string of the molecule is CCCN1CCN(c2nc(Nc3ncc(C(=O)Nc4c(C)cccc4Cl)s3)nc(C3CC3)n2)CC1. The number of aryl methyl sites for hydroxylation is 1. The molecule has 0 spiro atoms. The van der Waals surface area contributed by atoms with Crippen LogP contribution in [0.4, 0.5) is 22.7 Å². The summed E-state index contributed by atoms with van der Waals surface area (Å²) in [5.74, 6) is 2.15. The Kier molecular flexibility index (Phi) is 7.12. The Morgan fingerprint density at radius 3 is 2.69 bits per heavy atom. The molecule has 1 aromatic carbocycles. The summed E-state index contributed by atoms with van der Waals surface area (Å²) in [6.45, 7) is 9.06. The first kappa shape index (κ1) is 23.9. The second-order valence-electron chi connectivity index (χ2n) is 8.96. The lowest BCUT2D eigenvalue weighted by atomic mass is 10.2. The number of nitrogens with one attached hydrogen (secondary N) is 2. The fourth-order valence-corrected chi connectivity index (χ4v) is 5.06. The van der Waals surface area contributed by atoms with Crippen molar-refractivity contribution in [3.05, 3.63) is 45.7 Å². The minimum Gasteiger partial charge on any atom is -0.338 e. The van der Waals surface area contributed by atoms with Crippen LogP contribution in [0.5, 0.6) is 0 Å². The molecule has 1 saturated heterocycles. The van der Waals surface area contributed by atoms with E-state index in [0.717, 1.165) is 63.4 Å². The number of rotatable bonds is 8. The standard InChI is InChI=1S/C24H29ClN8OS/c1-3-9-32-10-12-33(13-11-32)23-29-20(16-7-8-16)28-22(30-23)31-24-26-14-18(35-24)21(34)27-19-15(2)5-4-6-17(19)25/h4-6,14,16H,3,7-13H2,1-2H3,(H,27,34)(H,26,28,29,30,31). The summed E-state index contributed by atoms with van der Waals surface area (Å²) in [6, 6.07) is 5.51. The molecule has 1 amide bonds. The molecule has 1 saturated carbocycles. The van der Waals surface area contributed by atoms with Crippen molar-refractivity contribution in [2.45, 2.75) is 39.0 Å². The van der Waals surface area contributed by atoms with Gasteiger partial charge in [-0.25, -0.2) is 4.98 Å². The number of hydrogen-bond donors (Lipinski definition) is 2. The van der Waals surface area contributed by atoms with Crippen molar-refractivity contribution < 1.29 is 4.79 Å². The molecule has 2 aliphatic rings. The number of piperazine rings is 1. The summed E-state index contributed by atoms with van der Waals surface area (Å²) in [5, 5.41) is 7.14. The second kappa shape index (κ2) is 10.4. The molecule has 2 N–H and O–H groups in total. The number of carbonyl (C=O) groups excluding carboxylic acids is 1. The molecule has 3 heterocycles. The van der Waals surface area contributed by atoms with Crippen LogP contribution in [0.15, 0.2) is 24.4 Å². The summed E-state index contributed by atoms with van der Waals surface area (Å²) >= 11 is 7.50. The summed E-state index contributed by atoms with van der Waals surface area (Å²) in [7, 11) is 0. The van der Waals surface area contributed by atoms with Gasteiger partial charge in [0.1, 0.15) is 10.7 Å². The minimum atomic E-state index is -0.258. The lowest BCUT2D eigenvalue weighted by Gasteiger charge is -2.34. The fraction of sp³-hybridized carbons (Fsp3) is 0.458. The van der Waals surface area contributed by atoms with Crippen LogP contribution in [0.2, 0.25) is 5.02 Å². The van der Waals surface area contributed by atoms with Crippen LogP contribution >= 0.6 is 22.9 Å². The molecular formula is C24H29ClN8OS. The normalized spacial score (nSPS) is 16.4. The van der Waals surface area contributed by atoms with Crippen molar-refractivity contribution in [3.63, 3.8) is 0 Å². The zero-order valence-electron chi connectivity index (χ0n) is 19.9. The zero-order valence-corrected chi connectivity index (χ0v) is 21.5. The number of carbonyl (C=O) groups is 1. The van der Waals surface area contributed by atoms with Gasteiger partial charge in [0, 0.05) is 32.1 Å². The van der Waals surface area contributed by atoms with E-state index in [9.17, 15) is 4.79 Å². The van der Waals surface area contributed by atoms with Gasteiger partial charge in [0.05, 0.1) is 16.9 Å². The van der Waals surface area contributed by atoms with Gasteiger partial charge in [0.15, 0.2) is 5.13 Å². The van der Waals surface area contributed by atoms with Gasteiger partial charge in [-0.3, -0.25) is 15.0 Å². The molecule has 0 unspecified atom stereocenters. The van der Waals surface area contributed by atoms with Gasteiger partial charge >= 0.3 is 0 Å². The molecule has 0 bridgehead atoms. The van der Waals surface area contributed by atoms with Gasteiger partial charge in [-0.2, -0.15) is 15.0 Å². The highest BCUT2D eigenvalue weighted by molar-refractivity contribution is 7.17. The van der Waals surface area contributed by atoms with Crippen LogP contribution in [-0.2, 0) is 0 Å². The number of aromatic nitrogens is 4. The average molecular weight is 513 g/mol. The molecule has 3 aromatic rings. The minimum absolute atomic E-state index is 0.258. The molecule has 1 aliphatic carbocycles. The molecule has 11 heteroatoms. The number of benzene rings is 1. The van der Waals surface area contributed by atoms with E-state index in [2.05, 4.69) is 37.3 Å². The summed E-state index contributed by atoms with van der Waals surface area (Å²) < 4.78 is 0. The van der Waals surface area contributed by atoms with Gasteiger partial charge in [0.2, 0.25) is 11.9 Å². The number of hydrogen-bond acceptors (Lipinski definition) is 9. The highest BCUT2D eigenvalue weighted by Crippen LogP contribution is 2.39. The first-order valence-electron chi connectivity index (χ1n) is 12.0. The van der Waals surface area contributed by atoms with Crippen molar-refractivity contribution in [2.75, 3.05) is 48.3 Å². The third kappa shape index (κ3) is 5.71. The van der Waals surface area contributed by atoms with Crippen LogP contribution in [0.1, 0.15) is 53.2 Å². The van der Waals surface area contributed by atoms with Crippen LogP contribution < -0.4 is 15.5 Å². The second-order valence-corrected chi connectivity index (χ2v) is 10.4. The smallest absolute Gasteiger partial charge is 0.267 e. The largest absolute Gasteiger partial charge is 0.338 e. The molecule has 9 nitrogen and oxygen atoms in total. The Hall–Kier alpha value is -2.82. The van der Waals surface area contributed by atoms with Gasteiger partial charge in [-0.05, 0) is 44.4 Å². The van der Waals surface area contributed by atoms with Gasteiger partial charge in [-0.1, -0.05) is 42.0 Å². The first-order chi connectivity index (χ1) is 17.0. The Labute approximate surface area is 214 Å². The number of thiazole rings is 1. The highest BCUT2D eigenvalue weighted by Gasteiger charge is 2.29. The molecule has 5 rings (SSSR count). The maximum absolute atomic E-state index is 12.8. The van der Waals surface area contributed by atoms with E-state index >= 15 is 0 Å². The molecule has 2 fully saturated rings. The number of nitrogens with zero attached hydrogens (tertiary/aromatic N) is 6. The van der Waals surface area contributed by atoms with E-state index in [1.54, 1.807) is 12.3 Å². The number of amides is 1. The molecule has 2 aromatic heterocycles. The van der Waals surface area contributed by atoms with E-state index in [1.807, 2.05) is 19.1 Å². The lowest BCUT2D eigenvalue weighted by Crippen LogP contribution is -2.47. The average Bonchev–Trinajstić information content (AvgIpc) is 3.61. The van der Waals surface area contributed by atoms with Crippen molar-refractivity contribution >= 4 is 51.6 Å². The predicted octanol–water partition coefficient (Wildman–Crippen LogP) is 4.70. The van der Waals surface area contributed by atoms with E-state index in [-0.39, 0.29) is 5.91 Å². The first-order valence-corrected chi connectivity index (χ1v) is 13.2. The van der Waals surface area contributed by atoms with Crippen LogP contribution in [0, 0.1) is 6.92 Å². The fourth-order valence-electron chi connectivity index (χ4n) is 4.09. The molecule has 35 heavy (non-hydrogen) atoms. The lowest BCUT2D eigenvalue weighted by molar-refractivity contribution is 0.103. The zero-order chi connectivity index (χ0) is 24.4. The quantitative estimate of drug-likeness (QED) is 0.448. The number of para-hydroxylation sites is 1. The van der Waals surface area contributed by atoms with Crippen molar-refractivity contribution in [2.24, 2.45) is 0 Å². The van der Waals surface area contributed by atoms with Crippen LogP contribution in [0.25, 0.3) is 0 Å². The van der Waals surface area contributed by atoms with Gasteiger partial charge in [-0.15, -0.1) is 0 Å². The van der Waals surface area contributed by atoms with E-state index < -0.39 is 0 Å². The third-order valence-corrected chi connectivity index (χ3v) is 7.41. The number of anilines is 4.